The summed E-state index contributed by atoms with van der Waals surface area (Å²) in [6, 6.07) is 8.66. The van der Waals surface area contributed by atoms with Crippen LogP contribution in [0.1, 0.15) is 19.3 Å². The summed E-state index contributed by atoms with van der Waals surface area (Å²) in [7, 11) is 2.15. The van der Waals surface area contributed by atoms with E-state index in [0.29, 0.717) is 12.5 Å². The normalized spacial score (nSPS) is 24.2. The Bertz CT molecular complexity index is 474. The molecule has 2 saturated heterocycles. The van der Waals surface area contributed by atoms with E-state index in [1.807, 2.05) is 23.1 Å². The Labute approximate surface area is 114 Å². The summed E-state index contributed by atoms with van der Waals surface area (Å²) in [6.07, 6.45) is 2.82. The Morgan fingerprint density at radius 3 is 2.79 bits per heavy atom. The molecule has 102 valence electrons. The van der Waals surface area contributed by atoms with Gasteiger partial charge >= 0.3 is 0 Å². The second-order valence-corrected chi connectivity index (χ2v) is 5.56. The van der Waals surface area contributed by atoms with E-state index in [0.717, 1.165) is 37.4 Å². The van der Waals surface area contributed by atoms with E-state index in [1.54, 1.807) is 0 Å². The first-order valence-electron chi connectivity index (χ1n) is 7.08. The molecule has 0 spiro atoms. The third-order valence-electron chi connectivity index (χ3n) is 4.02. The standard InChI is InChI=1S/C15H21N3O/c1-17-10-8-12(11-17)16-13-5-2-3-6-14(13)18-9-4-7-15(18)19/h2-3,5-6,12,16H,4,7-11H2,1H3. The molecule has 1 atom stereocenters. The Balaban J connectivity index is 1.79. The summed E-state index contributed by atoms with van der Waals surface area (Å²) in [5.74, 6) is 0.248. The molecule has 4 nitrogen and oxygen atoms in total. The predicted molar refractivity (Wildman–Crippen MR) is 77.6 cm³/mol. The zero-order valence-electron chi connectivity index (χ0n) is 11.4. The van der Waals surface area contributed by atoms with Crippen molar-refractivity contribution in [1.82, 2.24) is 4.90 Å². The van der Waals surface area contributed by atoms with Crippen LogP contribution in [0.5, 0.6) is 0 Å². The lowest BCUT2D eigenvalue weighted by atomic mass is 10.2. The monoisotopic (exact) mass is 259 g/mol. The van der Waals surface area contributed by atoms with Crippen molar-refractivity contribution in [3.8, 4) is 0 Å². The highest BCUT2D eigenvalue weighted by atomic mass is 16.2. The summed E-state index contributed by atoms with van der Waals surface area (Å²) in [6.45, 7) is 3.06. The van der Waals surface area contributed by atoms with Crippen molar-refractivity contribution in [3.05, 3.63) is 24.3 Å². The van der Waals surface area contributed by atoms with Gasteiger partial charge in [0.1, 0.15) is 0 Å². The minimum atomic E-state index is 0.248. The summed E-state index contributed by atoms with van der Waals surface area (Å²) in [5.41, 5.74) is 2.14. The van der Waals surface area contributed by atoms with Gasteiger partial charge in [-0.1, -0.05) is 12.1 Å². The summed E-state index contributed by atoms with van der Waals surface area (Å²) < 4.78 is 0. The largest absolute Gasteiger partial charge is 0.379 e. The number of benzene rings is 1. The fourth-order valence-electron chi connectivity index (χ4n) is 3.01. The predicted octanol–water partition coefficient (Wildman–Crippen LogP) is 1.93. The van der Waals surface area contributed by atoms with Crippen molar-refractivity contribution in [2.75, 3.05) is 36.9 Å². The number of hydrogen-bond acceptors (Lipinski definition) is 3. The number of hydrogen-bond donors (Lipinski definition) is 1. The first kappa shape index (κ1) is 12.5. The lowest BCUT2D eigenvalue weighted by molar-refractivity contribution is -0.117. The highest BCUT2D eigenvalue weighted by molar-refractivity contribution is 5.98. The van der Waals surface area contributed by atoms with Crippen molar-refractivity contribution in [2.24, 2.45) is 0 Å². The second-order valence-electron chi connectivity index (χ2n) is 5.56. The number of anilines is 2. The van der Waals surface area contributed by atoms with Crippen molar-refractivity contribution < 1.29 is 4.79 Å². The number of amides is 1. The van der Waals surface area contributed by atoms with Gasteiger partial charge in [-0.2, -0.15) is 0 Å². The number of carbonyl (C=O) groups is 1. The Kier molecular flexibility index (Phi) is 3.42. The average molecular weight is 259 g/mol. The third-order valence-corrected chi connectivity index (χ3v) is 4.02. The number of likely N-dealkylation sites (tertiary alicyclic amines) is 1. The molecule has 1 aromatic rings. The second kappa shape index (κ2) is 5.21. The maximum atomic E-state index is 11.9. The molecule has 1 N–H and O–H groups in total. The van der Waals surface area contributed by atoms with Crippen molar-refractivity contribution >= 4 is 17.3 Å². The van der Waals surface area contributed by atoms with Crippen molar-refractivity contribution in [2.45, 2.75) is 25.3 Å². The van der Waals surface area contributed by atoms with Gasteiger partial charge in [0, 0.05) is 25.6 Å². The molecule has 1 aromatic carbocycles. The smallest absolute Gasteiger partial charge is 0.227 e. The highest BCUT2D eigenvalue weighted by Crippen LogP contribution is 2.30. The highest BCUT2D eigenvalue weighted by Gasteiger charge is 2.25. The molecule has 0 saturated carbocycles. The molecule has 19 heavy (non-hydrogen) atoms. The van der Waals surface area contributed by atoms with Gasteiger partial charge in [-0.3, -0.25) is 4.79 Å². The van der Waals surface area contributed by atoms with Gasteiger partial charge in [0.25, 0.3) is 0 Å². The minimum Gasteiger partial charge on any atom is -0.379 e. The van der Waals surface area contributed by atoms with Crippen LogP contribution in [0, 0.1) is 0 Å². The van der Waals surface area contributed by atoms with Crippen LogP contribution in [0.15, 0.2) is 24.3 Å². The summed E-state index contributed by atoms with van der Waals surface area (Å²) in [5, 5.41) is 3.60. The number of nitrogens with zero attached hydrogens (tertiary/aromatic N) is 2. The van der Waals surface area contributed by atoms with Gasteiger partial charge in [0.05, 0.1) is 11.4 Å². The molecule has 0 radical (unpaired) electrons. The van der Waals surface area contributed by atoms with Crippen LogP contribution in [-0.2, 0) is 4.79 Å². The zero-order chi connectivity index (χ0) is 13.2. The number of nitrogens with one attached hydrogen (secondary N) is 1. The molecular formula is C15H21N3O. The van der Waals surface area contributed by atoms with Gasteiger partial charge in [0.2, 0.25) is 5.91 Å². The fraction of sp³-hybridized carbons (Fsp3) is 0.533. The van der Waals surface area contributed by atoms with Gasteiger partial charge < -0.3 is 15.1 Å². The Morgan fingerprint density at radius 2 is 2.11 bits per heavy atom. The summed E-state index contributed by atoms with van der Waals surface area (Å²) >= 11 is 0. The van der Waals surface area contributed by atoms with Crippen LogP contribution in [-0.4, -0.2) is 43.5 Å². The first-order chi connectivity index (χ1) is 9.24. The van der Waals surface area contributed by atoms with Gasteiger partial charge in [-0.25, -0.2) is 0 Å². The maximum absolute atomic E-state index is 11.9. The van der Waals surface area contributed by atoms with Crippen LogP contribution in [0.2, 0.25) is 0 Å². The van der Waals surface area contributed by atoms with E-state index in [9.17, 15) is 4.79 Å². The van der Waals surface area contributed by atoms with Crippen LogP contribution in [0.25, 0.3) is 0 Å². The zero-order valence-corrected chi connectivity index (χ0v) is 11.4. The van der Waals surface area contributed by atoms with Gasteiger partial charge in [-0.05, 0) is 38.6 Å². The Hall–Kier alpha value is -1.55. The molecule has 1 amide bonds. The molecule has 1 unspecified atom stereocenters. The number of para-hydroxylation sites is 2. The lowest BCUT2D eigenvalue weighted by Gasteiger charge is -2.22. The fourth-order valence-corrected chi connectivity index (χ4v) is 3.01. The van der Waals surface area contributed by atoms with Crippen LogP contribution in [0.4, 0.5) is 11.4 Å². The molecule has 0 aromatic heterocycles. The van der Waals surface area contributed by atoms with E-state index < -0.39 is 0 Å². The molecule has 2 aliphatic rings. The molecule has 3 rings (SSSR count). The molecule has 2 heterocycles. The van der Waals surface area contributed by atoms with Crippen molar-refractivity contribution in [1.29, 1.82) is 0 Å². The number of rotatable bonds is 3. The van der Waals surface area contributed by atoms with Gasteiger partial charge in [0.15, 0.2) is 0 Å². The van der Waals surface area contributed by atoms with E-state index in [-0.39, 0.29) is 5.91 Å². The van der Waals surface area contributed by atoms with Crippen LogP contribution >= 0.6 is 0 Å². The molecule has 0 bridgehead atoms. The molecule has 2 aliphatic heterocycles. The lowest BCUT2D eigenvalue weighted by Crippen LogP contribution is -2.28. The van der Waals surface area contributed by atoms with E-state index in [1.165, 1.54) is 6.42 Å². The first-order valence-corrected chi connectivity index (χ1v) is 7.08. The third kappa shape index (κ3) is 2.59. The minimum absolute atomic E-state index is 0.248. The number of likely N-dealkylation sites (N-methyl/N-ethyl adjacent to an activating group) is 1. The Morgan fingerprint density at radius 1 is 1.26 bits per heavy atom. The quantitative estimate of drug-likeness (QED) is 0.901. The van der Waals surface area contributed by atoms with Crippen molar-refractivity contribution in [3.63, 3.8) is 0 Å². The average Bonchev–Trinajstić information content (AvgIpc) is 2.99. The van der Waals surface area contributed by atoms with E-state index >= 15 is 0 Å². The number of carbonyl (C=O) groups excluding carboxylic acids is 1. The molecule has 0 aliphatic carbocycles. The van der Waals surface area contributed by atoms with Crippen LogP contribution in [0.3, 0.4) is 0 Å². The van der Waals surface area contributed by atoms with E-state index in [4.69, 9.17) is 0 Å². The topological polar surface area (TPSA) is 35.6 Å². The molecular weight excluding hydrogens is 238 g/mol. The SMILES string of the molecule is CN1CCC(Nc2ccccc2N2CCCC2=O)C1. The molecule has 4 heteroatoms. The van der Waals surface area contributed by atoms with Gasteiger partial charge in [-0.15, -0.1) is 0 Å². The van der Waals surface area contributed by atoms with Crippen LogP contribution < -0.4 is 10.2 Å². The maximum Gasteiger partial charge on any atom is 0.227 e. The summed E-state index contributed by atoms with van der Waals surface area (Å²) in [4.78, 5) is 16.2. The molecule has 2 fully saturated rings. The van der Waals surface area contributed by atoms with E-state index in [2.05, 4.69) is 23.3 Å².